The van der Waals surface area contributed by atoms with Crippen molar-refractivity contribution in [1.82, 2.24) is 9.97 Å². The molecule has 146 valence electrons. The zero-order valence-corrected chi connectivity index (χ0v) is 17.7. The lowest BCUT2D eigenvalue weighted by Crippen LogP contribution is -2.47. The minimum atomic E-state index is 0.775. The number of piperazine rings is 1. The van der Waals surface area contributed by atoms with Gasteiger partial charge in [0.25, 0.3) is 0 Å². The highest BCUT2D eigenvalue weighted by Gasteiger charge is 2.22. The van der Waals surface area contributed by atoms with E-state index >= 15 is 0 Å². The first-order chi connectivity index (χ1) is 14.2. The molecule has 4 nitrogen and oxygen atoms in total. The van der Waals surface area contributed by atoms with Crippen molar-refractivity contribution in [3.63, 3.8) is 0 Å². The van der Waals surface area contributed by atoms with Crippen molar-refractivity contribution in [3.8, 4) is 11.4 Å². The third-order valence-corrected chi connectivity index (χ3v) is 6.50. The Labute approximate surface area is 179 Å². The van der Waals surface area contributed by atoms with Gasteiger partial charge in [0.15, 0.2) is 5.82 Å². The van der Waals surface area contributed by atoms with Crippen molar-refractivity contribution in [1.29, 1.82) is 0 Å². The Balaban J connectivity index is 1.46. The van der Waals surface area contributed by atoms with Gasteiger partial charge in [-0.3, -0.25) is 0 Å². The van der Waals surface area contributed by atoms with Crippen molar-refractivity contribution in [2.75, 3.05) is 36.0 Å². The molecule has 6 heteroatoms. The van der Waals surface area contributed by atoms with E-state index in [9.17, 15) is 0 Å². The molecule has 29 heavy (non-hydrogen) atoms. The van der Waals surface area contributed by atoms with Crippen LogP contribution < -0.4 is 9.80 Å². The Hall–Kier alpha value is -2.63. The van der Waals surface area contributed by atoms with Gasteiger partial charge in [-0.2, -0.15) is 0 Å². The van der Waals surface area contributed by atoms with Gasteiger partial charge in [-0.25, -0.2) is 9.97 Å². The number of hydrogen-bond donors (Lipinski definition) is 0. The molecule has 0 atom stereocenters. The summed E-state index contributed by atoms with van der Waals surface area (Å²) in [5.41, 5.74) is 2.28. The number of fused-ring (bicyclic) bond motifs is 1. The van der Waals surface area contributed by atoms with E-state index in [0.717, 1.165) is 58.6 Å². The van der Waals surface area contributed by atoms with Crippen molar-refractivity contribution in [2.24, 2.45) is 0 Å². The minimum absolute atomic E-state index is 0.775. The molecule has 4 aromatic rings. The van der Waals surface area contributed by atoms with E-state index in [1.807, 2.05) is 30.3 Å². The molecule has 0 N–H and O–H groups in total. The van der Waals surface area contributed by atoms with E-state index in [1.54, 1.807) is 11.3 Å². The van der Waals surface area contributed by atoms with Crippen molar-refractivity contribution in [2.45, 2.75) is 6.92 Å². The zero-order chi connectivity index (χ0) is 19.8. The summed E-state index contributed by atoms with van der Waals surface area (Å²) in [6, 6.07) is 20.6. The van der Waals surface area contributed by atoms with Crippen LogP contribution in [0.25, 0.3) is 21.6 Å². The van der Waals surface area contributed by atoms with Gasteiger partial charge < -0.3 is 9.80 Å². The van der Waals surface area contributed by atoms with Gasteiger partial charge >= 0.3 is 0 Å². The van der Waals surface area contributed by atoms with Gasteiger partial charge in [-0.15, -0.1) is 11.3 Å². The van der Waals surface area contributed by atoms with E-state index in [-0.39, 0.29) is 0 Å². The first-order valence-electron chi connectivity index (χ1n) is 9.76. The lowest BCUT2D eigenvalue weighted by molar-refractivity contribution is 0.649. The fourth-order valence-electron chi connectivity index (χ4n) is 3.81. The van der Waals surface area contributed by atoms with Crippen LogP contribution in [0.2, 0.25) is 5.02 Å². The van der Waals surface area contributed by atoms with E-state index in [2.05, 4.69) is 47.1 Å². The maximum atomic E-state index is 6.04. The number of anilines is 2. The van der Waals surface area contributed by atoms with E-state index in [4.69, 9.17) is 21.6 Å². The summed E-state index contributed by atoms with van der Waals surface area (Å²) in [4.78, 5) is 17.0. The molecule has 5 rings (SSSR count). The summed E-state index contributed by atoms with van der Waals surface area (Å²) >= 11 is 7.77. The maximum absolute atomic E-state index is 6.04. The average Bonchev–Trinajstić information content (AvgIpc) is 3.14. The van der Waals surface area contributed by atoms with Crippen LogP contribution in [-0.4, -0.2) is 36.1 Å². The number of rotatable bonds is 3. The summed E-state index contributed by atoms with van der Waals surface area (Å²) in [5, 5.41) is 1.93. The molecule has 3 heterocycles. The molecular formula is C23H21ClN4S. The lowest BCUT2D eigenvalue weighted by Gasteiger charge is -2.37. The highest BCUT2D eigenvalue weighted by atomic mass is 35.5. The molecule has 2 aromatic carbocycles. The van der Waals surface area contributed by atoms with Gasteiger partial charge in [-0.1, -0.05) is 41.9 Å². The van der Waals surface area contributed by atoms with Gasteiger partial charge in [0.1, 0.15) is 10.6 Å². The standard InChI is InChI=1S/C23H21ClN4S/c1-16-15-20-22(25-21(26-23(20)29-16)17-5-3-2-4-6-17)28-13-11-27(12-14-28)19-9-7-18(24)8-10-19/h2-10,15H,11-14H2,1H3. The first kappa shape index (κ1) is 18.4. The summed E-state index contributed by atoms with van der Waals surface area (Å²) in [6.45, 7) is 5.90. The second-order valence-electron chi connectivity index (χ2n) is 7.26. The average molecular weight is 421 g/mol. The Kier molecular flexibility index (Phi) is 4.86. The number of halogens is 1. The molecule has 1 fully saturated rings. The summed E-state index contributed by atoms with van der Waals surface area (Å²) in [7, 11) is 0. The molecule has 1 saturated heterocycles. The molecule has 0 unspecified atom stereocenters. The Morgan fingerprint density at radius 2 is 1.55 bits per heavy atom. The van der Waals surface area contributed by atoms with E-state index < -0.39 is 0 Å². The fourth-order valence-corrected chi connectivity index (χ4v) is 4.81. The number of aromatic nitrogens is 2. The SMILES string of the molecule is Cc1cc2c(N3CCN(c4ccc(Cl)cc4)CC3)nc(-c3ccccc3)nc2s1. The molecule has 0 aliphatic carbocycles. The molecule has 1 aliphatic rings. The highest BCUT2D eigenvalue weighted by Crippen LogP contribution is 2.33. The number of benzene rings is 2. The summed E-state index contributed by atoms with van der Waals surface area (Å²) in [5.74, 6) is 1.85. The van der Waals surface area contributed by atoms with Crippen LogP contribution in [0.5, 0.6) is 0 Å². The van der Waals surface area contributed by atoms with Crippen LogP contribution in [0.3, 0.4) is 0 Å². The third kappa shape index (κ3) is 3.68. The molecular weight excluding hydrogens is 400 g/mol. The second-order valence-corrected chi connectivity index (χ2v) is 8.93. The van der Waals surface area contributed by atoms with Crippen molar-refractivity contribution >= 4 is 44.7 Å². The predicted molar refractivity (Wildman–Crippen MR) is 123 cm³/mol. The van der Waals surface area contributed by atoms with Gasteiger partial charge in [0, 0.05) is 47.3 Å². The van der Waals surface area contributed by atoms with Gasteiger partial charge in [-0.05, 0) is 37.3 Å². The van der Waals surface area contributed by atoms with Crippen LogP contribution >= 0.6 is 22.9 Å². The third-order valence-electron chi connectivity index (χ3n) is 5.30. The Morgan fingerprint density at radius 1 is 0.862 bits per heavy atom. The van der Waals surface area contributed by atoms with Crippen LogP contribution in [0.1, 0.15) is 4.88 Å². The van der Waals surface area contributed by atoms with Gasteiger partial charge in [0.2, 0.25) is 0 Å². The molecule has 1 aliphatic heterocycles. The Morgan fingerprint density at radius 3 is 2.28 bits per heavy atom. The lowest BCUT2D eigenvalue weighted by atomic mass is 10.2. The number of thiophene rings is 1. The van der Waals surface area contributed by atoms with Crippen molar-refractivity contribution in [3.05, 3.63) is 70.6 Å². The highest BCUT2D eigenvalue weighted by molar-refractivity contribution is 7.18. The Bertz CT molecular complexity index is 1130. The smallest absolute Gasteiger partial charge is 0.163 e. The summed E-state index contributed by atoms with van der Waals surface area (Å²) < 4.78 is 0. The molecule has 0 bridgehead atoms. The van der Waals surface area contributed by atoms with E-state index in [1.165, 1.54) is 10.6 Å². The second kappa shape index (κ2) is 7.65. The van der Waals surface area contributed by atoms with Crippen LogP contribution in [-0.2, 0) is 0 Å². The van der Waals surface area contributed by atoms with E-state index in [0.29, 0.717) is 0 Å². The minimum Gasteiger partial charge on any atom is -0.368 e. The molecule has 0 spiro atoms. The maximum Gasteiger partial charge on any atom is 0.163 e. The largest absolute Gasteiger partial charge is 0.368 e. The number of aryl methyl sites for hydroxylation is 1. The topological polar surface area (TPSA) is 32.3 Å². The molecule has 0 radical (unpaired) electrons. The first-order valence-corrected chi connectivity index (χ1v) is 11.0. The number of hydrogen-bond acceptors (Lipinski definition) is 5. The van der Waals surface area contributed by atoms with Crippen LogP contribution in [0, 0.1) is 6.92 Å². The predicted octanol–water partition coefficient (Wildman–Crippen LogP) is 5.65. The zero-order valence-electron chi connectivity index (χ0n) is 16.2. The molecule has 2 aromatic heterocycles. The van der Waals surface area contributed by atoms with Crippen LogP contribution in [0.15, 0.2) is 60.7 Å². The van der Waals surface area contributed by atoms with Gasteiger partial charge in [0.05, 0.1) is 5.39 Å². The quantitative estimate of drug-likeness (QED) is 0.429. The van der Waals surface area contributed by atoms with Crippen LogP contribution in [0.4, 0.5) is 11.5 Å². The normalized spacial score (nSPS) is 14.6. The number of nitrogens with zero attached hydrogens (tertiary/aromatic N) is 4. The summed E-state index contributed by atoms with van der Waals surface area (Å²) in [6.07, 6.45) is 0. The van der Waals surface area contributed by atoms with Crippen molar-refractivity contribution < 1.29 is 0 Å². The fraction of sp³-hybridized carbons (Fsp3) is 0.217. The monoisotopic (exact) mass is 420 g/mol. The molecule has 0 amide bonds. The molecule has 0 saturated carbocycles.